The average molecular weight is 338 g/mol. The van der Waals surface area contributed by atoms with Gasteiger partial charge in [-0.25, -0.2) is 0 Å². The van der Waals surface area contributed by atoms with Crippen LogP contribution in [0.1, 0.15) is 24.7 Å². The van der Waals surface area contributed by atoms with E-state index in [0.29, 0.717) is 6.04 Å². The van der Waals surface area contributed by atoms with Crippen molar-refractivity contribution >= 4 is 15.9 Å². The molecule has 0 amide bonds. The van der Waals surface area contributed by atoms with Crippen LogP contribution in [0.25, 0.3) is 0 Å². The predicted molar refractivity (Wildman–Crippen MR) is 84.0 cm³/mol. The normalized spacial score (nSPS) is 12.3. The zero-order chi connectivity index (χ0) is 14.4. The fourth-order valence-electron chi connectivity index (χ4n) is 2.03. The van der Waals surface area contributed by atoms with Crippen molar-refractivity contribution in [1.82, 2.24) is 5.32 Å². The summed E-state index contributed by atoms with van der Waals surface area (Å²) in [5.41, 5.74) is 1.24. The molecule has 20 heavy (non-hydrogen) atoms. The quantitative estimate of drug-likeness (QED) is 0.823. The minimum Gasteiger partial charge on any atom is -0.496 e. The Bertz CT molecular complexity index is 525. The molecular formula is C16H20BrNO2. The molecule has 2 rings (SSSR count). The second kappa shape index (κ2) is 7.50. The Kier molecular flexibility index (Phi) is 5.68. The minimum atomic E-state index is 0.445. The summed E-state index contributed by atoms with van der Waals surface area (Å²) in [4.78, 5) is 0. The standard InChI is InChI=1S/C16H20BrNO2/c1-12(5-7-14-4-3-9-20-14)18-11-13-6-8-16(19-2)15(17)10-13/h3-4,6,8-10,12,18H,5,7,11H2,1-2H3. The van der Waals surface area contributed by atoms with Gasteiger partial charge in [-0.1, -0.05) is 6.07 Å². The predicted octanol–water partition coefficient (Wildman–Crippen LogP) is 4.16. The van der Waals surface area contributed by atoms with Crippen molar-refractivity contribution in [2.45, 2.75) is 32.4 Å². The molecule has 0 spiro atoms. The van der Waals surface area contributed by atoms with E-state index in [-0.39, 0.29) is 0 Å². The van der Waals surface area contributed by atoms with E-state index in [9.17, 15) is 0 Å². The van der Waals surface area contributed by atoms with Gasteiger partial charge in [-0.3, -0.25) is 0 Å². The highest BCUT2D eigenvalue weighted by molar-refractivity contribution is 9.10. The molecule has 1 aromatic carbocycles. The molecule has 0 aliphatic carbocycles. The number of hydrogen-bond donors (Lipinski definition) is 1. The van der Waals surface area contributed by atoms with Gasteiger partial charge in [-0.15, -0.1) is 0 Å². The van der Waals surface area contributed by atoms with Crippen LogP contribution >= 0.6 is 15.9 Å². The summed E-state index contributed by atoms with van der Waals surface area (Å²) in [6, 6.07) is 10.5. The van der Waals surface area contributed by atoms with Crippen LogP contribution < -0.4 is 10.1 Å². The molecule has 1 N–H and O–H groups in total. The lowest BCUT2D eigenvalue weighted by molar-refractivity contribution is 0.411. The summed E-state index contributed by atoms with van der Waals surface area (Å²) in [5, 5.41) is 3.52. The first-order valence-corrected chi connectivity index (χ1v) is 7.56. The Morgan fingerprint density at radius 2 is 2.20 bits per heavy atom. The van der Waals surface area contributed by atoms with Crippen LogP contribution in [0, 0.1) is 0 Å². The summed E-state index contributed by atoms with van der Waals surface area (Å²) in [6.45, 7) is 3.05. The second-order valence-electron chi connectivity index (χ2n) is 4.87. The average Bonchev–Trinajstić information content (AvgIpc) is 2.96. The SMILES string of the molecule is COc1ccc(CNC(C)CCc2ccco2)cc1Br. The molecule has 0 fully saturated rings. The third kappa shape index (κ3) is 4.39. The summed E-state index contributed by atoms with van der Waals surface area (Å²) >= 11 is 3.51. The Morgan fingerprint density at radius 1 is 1.35 bits per heavy atom. The summed E-state index contributed by atoms with van der Waals surface area (Å²) in [5.74, 6) is 1.91. The number of nitrogens with one attached hydrogen (secondary N) is 1. The van der Waals surface area contributed by atoms with Crippen molar-refractivity contribution in [2.24, 2.45) is 0 Å². The first-order chi connectivity index (χ1) is 9.69. The number of methoxy groups -OCH3 is 1. The van der Waals surface area contributed by atoms with Gasteiger partial charge < -0.3 is 14.5 Å². The lowest BCUT2D eigenvalue weighted by Crippen LogP contribution is -2.25. The largest absolute Gasteiger partial charge is 0.496 e. The Balaban J connectivity index is 1.78. The lowest BCUT2D eigenvalue weighted by Gasteiger charge is -2.14. The van der Waals surface area contributed by atoms with Gasteiger partial charge in [0.2, 0.25) is 0 Å². The molecule has 1 heterocycles. The van der Waals surface area contributed by atoms with Gasteiger partial charge in [0.15, 0.2) is 0 Å². The van der Waals surface area contributed by atoms with Gasteiger partial charge in [0.05, 0.1) is 17.8 Å². The molecule has 0 aliphatic rings. The van der Waals surface area contributed by atoms with E-state index in [1.165, 1.54) is 5.56 Å². The minimum absolute atomic E-state index is 0.445. The third-order valence-electron chi connectivity index (χ3n) is 3.27. The summed E-state index contributed by atoms with van der Waals surface area (Å²) in [7, 11) is 1.68. The fourth-order valence-corrected chi connectivity index (χ4v) is 2.62. The van der Waals surface area contributed by atoms with Crippen LogP contribution in [0.3, 0.4) is 0 Å². The molecule has 0 saturated heterocycles. The van der Waals surface area contributed by atoms with Crippen molar-refractivity contribution in [1.29, 1.82) is 0 Å². The van der Waals surface area contributed by atoms with Crippen LogP contribution in [-0.2, 0) is 13.0 Å². The maximum absolute atomic E-state index is 5.34. The Morgan fingerprint density at radius 3 is 2.85 bits per heavy atom. The van der Waals surface area contributed by atoms with E-state index >= 15 is 0 Å². The maximum atomic E-state index is 5.34. The third-order valence-corrected chi connectivity index (χ3v) is 3.89. The zero-order valence-corrected chi connectivity index (χ0v) is 13.4. The highest BCUT2D eigenvalue weighted by Gasteiger charge is 2.05. The highest BCUT2D eigenvalue weighted by Crippen LogP contribution is 2.25. The van der Waals surface area contributed by atoms with Gasteiger partial charge in [0, 0.05) is 19.0 Å². The second-order valence-corrected chi connectivity index (χ2v) is 5.72. The topological polar surface area (TPSA) is 34.4 Å². The molecule has 108 valence electrons. The van der Waals surface area contributed by atoms with Crippen LogP contribution in [0.5, 0.6) is 5.75 Å². The number of ether oxygens (including phenoxy) is 1. The van der Waals surface area contributed by atoms with E-state index in [4.69, 9.17) is 9.15 Å². The van der Waals surface area contributed by atoms with Crippen molar-refractivity contribution in [2.75, 3.05) is 7.11 Å². The first-order valence-electron chi connectivity index (χ1n) is 6.77. The number of rotatable bonds is 7. The summed E-state index contributed by atoms with van der Waals surface area (Å²) in [6.07, 6.45) is 3.75. The molecule has 3 nitrogen and oxygen atoms in total. The molecular weight excluding hydrogens is 318 g/mol. The van der Waals surface area contributed by atoms with Crippen molar-refractivity contribution < 1.29 is 9.15 Å². The van der Waals surface area contributed by atoms with Crippen molar-refractivity contribution in [3.8, 4) is 5.75 Å². The van der Waals surface area contributed by atoms with Crippen molar-refractivity contribution in [3.05, 3.63) is 52.4 Å². The number of aryl methyl sites for hydroxylation is 1. The molecule has 1 aromatic heterocycles. The molecule has 0 radical (unpaired) electrons. The van der Waals surface area contributed by atoms with E-state index in [1.807, 2.05) is 18.2 Å². The van der Waals surface area contributed by atoms with Crippen LogP contribution in [0.4, 0.5) is 0 Å². The van der Waals surface area contributed by atoms with Gasteiger partial charge in [0.1, 0.15) is 11.5 Å². The van der Waals surface area contributed by atoms with E-state index in [2.05, 4.69) is 40.3 Å². The summed E-state index contributed by atoms with van der Waals surface area (Å²) < 4.78 is 11.6. The molecule has 0 bridgehead atoms. The first kappa shape index (κ1) is 15.1. The molecule has 1 unspecified atom stereocenters. The number of furan rings is 1. The monoisotopic (exact) mass is 337 g/mol. The molecule has 0 saturated carbocycles. The fraction of sp³-hybridized carbons (Fsp3) is 0.375. The van der Waals surface area contributed by atoms with Gasteiger partial charge >= 0.3 is 0 Å². The van der Waals surface area contributed by atoms with Crippen LogP contribution in [-0.4, -0.2) is 13.2 Å². The molecule has 4 heteroatoms. The van der Waals surface area contributed by atoms with Gasteiger partial charge in [-0.05, 0) is 59.1 Å². The van der Waals surface area contributed by atoms with Crippen molar-refractivity contribution in [3.63, 3.8) is 0 Å². The molecule has 1 atom stereocenters. The van der Waals surface area contributed by atoms with Gasteiger partial charge in [-0.2, -0.15) is 0 Å². The lowest BCUT2D eigenvalue weighted by atomic mass is 10.1. The number of halogens is 1. The van der Waals surface area contributed by atoms with Crippen LogP contribution in [0.15, 0.2) is 45.5 Å². The molecule has 0 aliphatic heterocycles. The number of hydrogen-bond acceptors (Lipinski definition) is 3. The Labute approximate surface area is 128 Å². The van der Waals surface area contributed by atoms with E-state index < -0.39 is 0 Å². The van der Waals surface area contributed by atoms with E-state index in [0.717, 1.165) is 35.4 Å². The zero-order valence-electron chi connectivity index (χ0n) is 11.9. The smallest absolute Gasteiger partial charge is 0.133 e. The van der Waals surface area contributed by atoms with Crippen LogP contribution in [0.2, 0.25) is 0 Å². The number of benzene rings is 1. The highest BCUT2D eigenvalue weighted by atomic mass is 79.9. The van der Waals surface area contributed by atoms with E-state index in [1.54, 1.807) is 13.4 Å². The molecule has 2 aromatic rings. The Hall–Kier alpha value is -1.26. The van der Waals surface area contributed by atoms with Gasteiger partial charge in [0.25, 0.3) is 0 Å². The maximum Gasteiger partial charge on any atom is 0.133 e.